The molecule has 0 saturated carbocycles. The number of aromatic nitrogens is 1. The number of hydrogen-bond acceptors (Lipinski definition) is 4. The van der Waals surface area contributed by atoms with E-state index in [4.69, 9.17) is 4.74 Å². The first-order valence-corrected chi connectivity index (χ1v) is 9.39. The second kappa shape index (κ2) is 9.30. The molecule has 2 heterocycles. The molecule has 1 aliphatic rings. The van der Waals surface area contributed by atoms with Crippen LogP contribution in [0.2, 0.25) is 0 Å². The molecule has 28 heavy (non-hydrogen) atoms. The van der Waals surface area contributed by atoms with E-state index in [-0.39, 0.29) is 23.5 Å². The van der Waals surface area contributed by atoms with Gasteiger partial charge in [-0.3, -0.25) is 9.59 Å². The summed E-state index contributed by atoms with van der Waals surface area (Å²) >= 11 is 0. The number of nitrogens with one attached hydrogen (secondary N) is 1. The van der Waals surface area contributed by atoms with Crippen LogP contribution in [0, 0.1) is 11.7 Å². The van der Waals surface area contributed by atoms with Gasteiger partial charge in [0.2, 0.25) is 11.8 Å². The number of methoxy groups -OCH3 is 1. The predicted molar refractivity (Wildman–Crippen MR) is 103 cm³/mol. The smallest absolute Gasteiger partial charge is 0.259 e. The Morgan fingerprint density at radius 1 is 1.21 bits per heavy atom. The van der Waals surface area contributed by atoms with Crippen molar-refractivity contribution in [2.45, 2.75) is 19.3 Å². The Morgan fingerprint density at radius 3 is 2.68 bits per heavy atom. The summed E-state index contributed by atoms with van der Waals surface area (Å²) in [5.74, 6) is -0.263. The predicted octanol–water partition coefficient (Wildman–Crippen LogP) is 2.44. The number of pyridine rings is 1. The van der Waals surface area contributed by atoms with E-state index in [1.165, 1.54) is 13.2 Å². The molecular weight excluding hydrogens is 361 g/mol. The van der Waals surface area contributed by atoms with Crippen LogP contribution in [-0.2, 0) is 11.2 Å². The summed E-state index contributed by atoms with van der Waals surface area (Å²) in [6, 6.07) is 9.96. The Labute approximate surface area is 163 Å². The minimum atomic E-state index is -0.255. The van der Waals surface area contributed by atoms with Crippen molar-refractivity contribution in [1.82, 2.24) is 15.2 Å². The summed E-state index contributed by atoms with van der Waals surface area (Å²) in [5.41, 5.74) is 1.02. The number of halogens is 1. The summed E-state index contributed by atoms with van der Waals surface area (Å²) in [6.45, 7) is 1.40. The molecule has 2 amide bonds. The van der Waals surface area contributed by atoms with Crippen LogP contribution in [-0.4, -0.2) is 48.4 Å². The lowest BCUT2D eigenvalue weighted by Crippen LogP contribution is -2.43. The Hall–Kier alpha value is -2.96. The van der Waals surface area contributed by atoms with Gasteiger partial charge in [0.05, 0.1) is 7.11 Å². The largest absolute Gasteiger partial charge is 0.480 e. The highest BCUT2D eigenvalue weighted by molar-refractivity contribution is 5.96. The molecule has 7 heteroatoms. The number of carbonyl (C=O) groups excluding carboxylic acids is 2. The van der Waals surface area contributed by atoms with Crippen molar-refractivity contribution in [2.24, 2.45) is 5.92 Å². The summed E-state index contributed by atoms with van der Waals surface area (Å²) < 4.78 is 18.8. The molecule has 1 aromatic carbocycles. The zero-order valence-corrected chi connectivity index (χ0v) is 15.9. The number of hydrogen-bond donors (Lipinski definition) is 1. The molecule has 0 spiro atoms. The Morgan fingerprint density at radius 2 is 1.96 bits per heavy atom. The van der Waals surface area contributed by atoms with Gasteiger partial charge in [0.25, 0.3) is 5.91 Å². The summed E-state index contributed by atoms with van der Waals surface area (Å²) in [6.07, 6.45) is 3.23. The van der Waals surface area contributed by atoms with Crippen molar-refractivity contribution in [3.63, 3.8) is 0 Å². The van der Waals surface area contributed by atoms with Crippen LogP contribution in [0.1, 0.15) is 28.8 Å². The van der Waals surface area contributed by atoms with E-state index in [0.29, 0.717) is 55.9 Å². The van der Waals surface area contributed by atoms with Gasteiger partial charge in [-0.2, -0.15) is 0 Å². The van der Waals surface area contributed by atoms with Gasteiger partial charge < -0.3 is 15.0 Å². The maximum atomic E-state index is 13.6. The highest BCUT2D eigenvalue weighted by Gasteiger charge is 2.29. The Bertz CT molecular complexity index is 835. The first-order chi connectivity index (χ1) is 13.6. The summed E-state index contributed by atoms with van der Waals surface area (Å²) in [7, 11) is 1.48. The quantitative estimate of drug-likeness (QED) is 0.829. The molecule has 0 atom stereocenters. The lowest BCUT2D eigenvalue weighted by atomic mass is 9.95. The molecule has 2 aromatic rings. The van der Waals surface area contributed by atoms with E-state index >= 15 is 0 Å². The van der Waals surface area contributed by atoms with Gasteiger partial charge in [0, 0.05) is 31.7 Å². The van der Waals surface area contributed by atoms with Crippen LogP contribution in [0.4, 0.5) is 4.39 Å². The highest BCUT2D eigenvalue weighted by atomic mass is 19.1. The van der Waals surface area contributed by atoms with Gasteiger partial charge in [-0.05, 0) is 43.0 Å². The van der Waals surface area contributed by atoms with E-state index in [0.717, 1.165) is 0 Å². The zero-order chi connectivity index (χ0) is 19.9. The Kier molecular flexibility index (Phi) is 6.57. The molecule has 0 bridgehead atoms. The third-order valence-corrected chi connectivity index (χ3v) is 5.00. The van der Waals surface area contributed by atoms with E-state index in [9.17, 15) is 14.0 Å². The molecule has 1 fully saturated rings. The van der Waals surface area contributed by atoms with Gasteiger partial charge in [0.1, 0.15) is 11.4 Å². The molecule has 1 aliphatic heterocycles. The third kappa shape index (κ3) is 4.65. The number of benzene rings is 1. The number of amides is 2. The third-order valence-electron chi connectivity index (χ3n) is 5.00. The van der Waals surface area contributed by atoms with Crippen LogP contribution in [0.5, 0.6) is 5.88 Å². The van der Waals surface area contributed by atoms with Gasteiger partial charge in [-0.1, -0.05) is 18.2 Å². The minimum Gasteiger partial charge on any atom is -0.480 e. The molecule has 0 aliphatic carbocycles. The highest BCUT2D eigenvalue weighted by Crippen LogP contribution is 2.22. The number of likely N-dealkylation sites (tertiary alicyclic amines) is 1. The van der Waals surface area contributed by atoms with Crippen molar-refractivity contribution >= 4 is 11.8 Å². The normalized spacial score (nSPS) is 14.6. The SMILES string of the molecule is COc1ncccc1C(=O)N1CCC(C(=O)NCCc2ccccc2F)CC1. The van der Waals surface area contributed by atoms with Crippen molar-refractivity contribution in [3.05, 3.63) is 59.5 Å². The van der Waals surface area contributed by atoms with E-state index in [1.807, 2.05) is 0 Å². The van der Waals surface area contributed by atoms with Gasteiger partial charge in [-0.25, -0.2) is 9.37 Å². The molecule has 148 valence electrons. The second-order valence-electron chi connectivity index (χ2n) is 6.76. The van der Waals surface area contributed by atoms with Gasteiger partial charge in [0.15, 0.2) is 0 Å². The molecule has 1 saturated heterocycles. The average Bonchev–Trinajstić information content (AvgIpc) is 2.74. The molecule has 1 N–H and O–H groups in total. The average molecular weight is 385 g/mol. The van der Waals surface area contributed by atoms with Crippen molar-refractivity contribution < 1.29 is 18.7 Å². The Balaban J connectivity index is 1.47. The summed E-state index contributed by atoms with van der Waals surface area (Å²) in [4.78, 5) is 30.9. The number of nitrogens with zero attached hydrogens (tertiary/aromatic N) is 2. The van der Waals surface area contributed by atoms with Crippen LogP contribution < -0.4 is 10.1 Å². The standard InChI is InChI=1S/C21H24FN3O3/c1-28-20-17(6-4-11-24-20)21(27)25-13-9-16(10-14-25)19(26)23-12-8-15-5-2-3-7-18(15)22/h2-7,11,16H,8-10,12-14H2,1H3,(H,23,26). The van der Waals surface area contributed by atoms with E-state index in [2.05, 4.69) is 10.3 Å². The van der Waals surface area contributed by atoms with Gasteiger partial charge in [-0.15, -0.1) is 0 Å². The first kappa shape index (κ1) is 19.8. The fraction of sp³-hybridized carbons (Fsp3) is 0.381. The summed E-state index contributed by atoms with van der Waals surface area (Å²) in [5, 5.41) is 2.88. The fourth-order valence-corrected chi connectivity index (χ4v) is 3.40. The monoisotopic (exact) mass is 385 g/mol. The van der Waals surface area contributed by atoms with Crippen LogP contribution in [0.15, 0.2) is 42.6 Å². The molecule has 0 radical (unpaired) electrons. The van der Waals surface area contributed by atoms with Crippen LogP contribution >= 0.6 is 0 Å². The van der Waals surface area contributed by atoms with Crippen LogP contribution in [0.3, 0.4) is 0 Å². The minimum absolute atomic E-state index is 0.0394. The number of carbonyl (C=O) groups is 2. The molecule has 1 aromatic heterocycles. The lowest BCUT2D eigenvalue weighted by Gasteiger charge is -2.31. The maximum Gasteiger partial charge on any atom is 0.259 e. The molecule has 6 nitrogen and oxygen atoms in total. The van der Waals surface area contributed by atoms with Crippen molar-refractivity contribution in [3.8, 4) is 5.88 Å². The van der Waals surface area contributed by atoms with Gasteiger partial charge >= 0.3 is 0 Å². The van der Waals surface area contributed by atoms with Crippen LogP contribution in [0.25, 0.3) is 0 Å². The topological polar surface area (TPSA) is 71.5 Å². The zero-order valence-electron chi connectivity index (χ0n) is 15.9. The number of piperidine rings is 1. The van der Waals surface area contributed by atoms with E-state index < -0.39 is 0 Å². The molecule has 0 unspecified atom stereocenters. The van der Waals surface area contributed by atoms with E-state index in [1.54, 1.807) is 41.4 Å². The first-order valence-electron chi connectivity index (χ1n) is 9.39. The lowest BCUT2D eigenvalue weighted by molar-refractivity contribution is -0.126. The fourth-order valence-electron chi connectivity index (χ4n) is 3.40. The van der Waals surface area contributed by atoms with Crippen molar-refractivity contribution in [1.29, 1.82) is 0 Å². The second-order valence-corrected chi connectivity index (χ2v) is 6.76. The number of ether oxygens (including phenoxy) is 1. The maximum absolute atomic E-state index is 13.6. The number of rotatable bonds is 6. The van der Waals surface area contributed by atoms with Crippen molar-refractivity contribution in [2.75, 3.05) is 26.7 Å². The molecule has 3 rings (SSSR count). The molecular formula is C21H24FN3O3.